The Morgan fingerprint density at radius 1 is 1.31 bits per heavy atom. The summed E-state index contributed by atoms with van der Waals surface area (Å²) in [4.78, 5) is 19.2. The molecule has 1 aliphatic carbocycles. The Kier molecular flexibility index (Phi) is 6.49. The highest BCUT2D eigenvalue weighted by Crippen LogP contribution is 2.32. The second-order valence-corrected chi connectivity index (χ2v) is 7.86. The number of anilines is 2. The Morgan fingerprint density at radius 2 is 2.00 bits per heavy atom. The second-order valence-electron chi connectivity index (χ2n) is 7.48. The van der Waals surface area contributed by atoms with Crippen LogP contribution in [0.4, 0.5) is 21.8 Å². The van der Waals surface area contributed by atoms with E-state index in [0.717, 1.165) is 31.2 Å². The van der Waals surface area contributed by atoms with E-state index in [1.165, 1.54) is 6.07 Å². The predicted molar refractivity (Wildman–Crippen MR) is 110 cm³/mol. The van der Waals surface area contributed by atoms with Gasteiger partial charge in [-0.15, -0.1) is 0 Å². The molecule has 1 fully saturated rings. The van der Waals surface area contributed by atoms with Crippen LogP contribution in [-0.4, -0.2) is 20.9 Å². The third kappa shape index (κ3) is 4.91. The molecule has 1 aliphatic rings. The number of aryl methyl sites for hydroxylation is 1. The lowest BCUT2D eigenvalue weighted by atomic mass is 9.83. The van der Waals surface area contributed by atoms with Crippen molar-refractivity contribution in [3.63, 3.8) is 0 Å². The highest BCUT2D eigenvalue weighted by atomic mass is 35.5. The summed E-state index contributed by atoms with van der Waals surface area (Å²) in [6.45, 7) is 1.81. The smallest absolute Gasteiger partial charge is 0.332 e. The molecule has 5 N–H and O–H groups in total. The number of nitrogens with zero attached hydrogens (tertiary/aromatic N) is 3. The molecule has 0 amide bonds. The van der Waals surface area contributed by atoms with Crippen molar-refractivity contribution >= 4 is 29.1 Å². The summed E-state index contributed by atoms with van der Waals surface area (Å²) in [5, 5.41) is 14.7. The van der Waals surface area contributed by atoms with Crippen molar-refractivity contribution in [3.05, 3.63) is 49.9 Å². The second kappa shape index (κ2) is 8.87. The summed E-state index contributed by atoms with van der Waals surface area (Å²) >= 11 is 6.19. The number of halogens is 2. The van der Waals surface area contributed by atoms with Gasteiger partial charge in [0.05, 0.1) is 9.95 Å². The van der Waals surface area contributed by atoms with Gasteiger partial charge in [0, 0.05) is 18.2 Å². The number of benzene rings is 1. The predicted octanol–water partition coefficient (Wildman–Crippen LogP) is 3.74. The van der Waals surface area contributed by atoms with Gasteiger partial charge in [0.25, 0.3) is 0 Å². The van der Waals surface area contributed by atoms with Crippen molar-refractivity contribution in [1.29, 1.82) is 0 Å². The Labute approximate surface area is 173 Å². The molecule has 10 heteroatoms. The van der Waals surface area contributed by atoms with E-state index in [4.69, 9.17) is 23.1 Å². The third-order valence-corrected chi connectivity index (χ3v) is 5.87. The van der Waals surface area contributed by atoms with Crippen LogP contribution in [0.25, 0.3) is 0 Å². The summed E-state index contributed by atoms with van der Waals surface area (Å²) in [6, 6.07) is 3.11. The largest absolute Gasteiger partial charge is 0.378 e. The van der Waals surface area contributed by atoms with Crippen LogP contribution in [-0.2, 0) is 13.0 Å². The van der Waals surface area contributed by atoms with Crippen LogP contribution in [0.5, 0.6) is 0 Å². The Hall–Kier alpha value is -2.52. The molecule has 1 saturated carbocycles. The number of rotatable bonds is 6. The number of nitrogen functional groups attached to an aromatic ring is 1. The maximum atomic E-state index is 14.1. The molecule has 3 rings (SSSR count). The van der Waals surface area contributed by atoms with E-state index in [2.05, 4.69) is 15.3 Å². The van der Waals surface area contributed by atoms with Crippen molar-refractivity contribution in [3.8, 4) is 0 Å². The van der Waals surface area contributed by atoms with E-state index in [1.807, 2.05) is 0 Å². The van der Waals surface area contributed by atoms with Gasteiger partial charge in [-0.3, -0.25) is 10.1 Å². The first kappa shape index (κ1) is 21.2. The van der Waals surface area contributed by atoms with Crippen LogP contribution >= 0.6 is 11.6 Å². The van der Waals surface area contributed by atoms with Crippen molar-refractivity contribution in [2.45, 2.75) is 51.6 Å². The first-order chi connectivity index (χ1) is 13.8. The lowest BCUT2D eigenvalue weighted by molar-refractivity contribution is -0.385. The molecule has 0 bridgehead atoms. The van der Waals surface area contributed by atoms with Crippen LogP contribution in [0.3, 0.4) is 0 Å². The van der Waals surface area contributed by atoms with Gasteiger partial charge >= 0.3 is 5.69 Å². The normalized spacial score (nSPS) is 19.2. The monoisotopic (exact) mass is 422 g/mol. The van der Waals surface area contributed by atoms with Gasteiger partial charge in [0.15, 0.2) is 0 Å². The third-order valence-electron chi connectivity index (χ3n) is 5.34. The molecule has 2 aromatic rings. The zero-order chi connectivity index (χ0) is 21.1. The fourth-order valence-electron chi connectivity index (χ4n) is 3.65. The molecular weight excluding hydrogens is 399 g/mol. The molecule has 0 atom stereocenters. The van der Waals surface area contributed by atoms with Gasteiger partial charge in [-0.25, -0.2) is 9.37 Å². The molecule has 29 heavy (non-hydrogen) atoms. The first-order valence-corrected chi connectivity index (χ1v) is 9.87. The molecule has 0 radical (unpaired) electrons. The van der Waals surface area contributed by atoms with Gasteiger partial charge < -0.3 is 16.8 Å². The highest BCUT2D eigenvalue weighted by molar-refractivity contribution is 6.32. The minimum absolute atomic E-state index is 0.0291. The SMILES string of the molecule is Cc1ccc(F)c(CNc2nc(N)c([N+](=O)[O-])c(C[C@H]3CC[C@H](N)CC3)n2)c1Cl. The fraction of sp³-hybridized carbons (Fsp3) is 0.474. The molecule has 156 valence electrons. The lowest BCUT2D eigenvalue weighted by Crippen LogP contribution is -2.27. The van der Waals surface area contributed by atoms with E-state index in [9.17, 15) is 14.5 Å². The summed E-state index contributed by atoms with van der Waals surface area (Å²) < 4.78 is 14.1. The number of nitrogens with two attached hydrogens (primary N) is 2. The van der Waals surface area contributed by atoms with Crippen molar-refractivity contribution < 1.29 is 9.31 Å². The summed E-state index contributed by atoms with van der Waals surface area (Å²) in [7, 11) is 0. The lowest BCUT2D eigenvalue weighted by Gasteiger charge is -2.25. The summed E-state index contributed by atoms with van der Waals surface area (Å²) in [6.07, 6.45) is 3.96. The molecule has 0 unspecified atom stereocenters. The van der Waals surface area contributed by atoms with Crippen molar-refractivity contribution in [1.82, 2.24) is 9.97 Å². The van der Waals surface area contributed by atoms with E-state index < -0.39 is 10.7 Å². The van der Waals surface area contributed by atoms with E-state index in [-0.39, 0.29) is 47.2 Å². The molecule has 1 aromatic carbocycles. The van der Waals surface area contributed by atoms with Gasteiger partial charge in [-0.05, 0) is 56.6 Å². The van der Waals surface area contributed by atoms with Crippen molar-refractivity contribution in [2.75, 3.05) is 11.1 Å². The molecule has 1 aromatic heterocycles. The highest BCUT2D eigenvalue weighted by Gasteiger charge is 2.27. The van der Waals surface area contributed by atoms with Crippen LogP contribution in [0.2, 0.25) is 5.02 Å². The van der Waals surface area contributed by atoms with Gasteiger partial charge in [-0.2, -0.15) is 4.98 Å². The first-order valence-electron chi connectivity index (χ1n) is 9.50. The standard InChI is InChI=1S/C19H24ClFN6O2/c1-10-2-7-14(21)13(16(10)20)9-24-19-25-15(17(27(28)29)18(23)26-19)8-11-3-5-12(22)6-4-11/h2,7,11-12H,3-6,8-9,22H2,1H3,(H3,23,24,25,26)/t11-,12-. The average Bonchev–Trinajstić information content (AvgIpc) is 2.66. The Balaban J connectivity index is 1.84. The van der Waals surface area contributed by atoms with Crippen LogP contribution < -0.4 is 16.8 Å². The Bertz CT molecular complexity index is 918. The van der Waals surface area contributed by atoms with E-state index in [0.29, 0.717) is 11.4 Å². The van der Waals surface area contributed by atoms with Crippen LogP contribution in [0, 0.1) is 28.8 Å². The van der Waals surface area contributed by atoms with Crippen molar-refractivity contribution in [2.24, 2.45) is 11.7 Å². The van der Waals surface area contributed by atoms with Crippen LogP contribution in [0.1, 0.15) is 42.5 Å². The molecule has 1 heterocycles. The van der Waals surface area contributed by atoms with E-state index >= 15 is 0 Å². The fourth-order valence-corrected chi connectivity index (χ4v) is 3.87. The molecule has 8 nitrogen and oxygen atoms in total. The number of hydrogen-bond donors (Lipinski definition) is 3. The maximum absolute atomic E-state index is 14.1. The summed E-state index contributed by atoms with van der Waals surface area (Å²) in [5.74, 6) is -0.320. The number of nitrogens with one attached hydrogen (secondary N) is 1. The minimum atomic E-state index is -0.555. The van der Waals surface area contributed by atoms with Gasteiger partial charge in [0.1, 0.15) is 11.5 Å². The number of hydrogen-bond acceptors (Lipinski definition) is 7. The molecule has 0 spiro atoms. The quantitative estimate of drug-likeness (QED) is 0.476. The topological polar surface area (TPSA) is 133 Å². The minimum Gasteiger partial charge on any atom is -0.378 e. The zero-order valence-corrected chi connectivity index (χ0v) is 16.9. The van der Waals surface area contributed by atoms with E-state index in [1.54, 1.807) is 13.0 Å². The molecular formula is C19H24ClFN6O2. The number of aromatic nitrogens is 2. The van der Waals surface area contributed by atoms with Crippen LogP contribution in [0.15, 0.2) is 12.1 Å². The van der Waals surface area contributed by atoms with Gasteiger partial charge in [-0.1, -0.05) is 17.7 Å². The maximum Gasteiger partial charge on any atom is 0.332 e. The average molecular weight is 423 g/mol. The number of nitro groups is 1. The summed E-state index contributed by atoms with van der Waals surface area (Å²) in [5.41, 5.74) is 12.8. The van der Waals surface area contributed by atoms with Gasteiger partial charge in [0.2, 0.25) is 11.8 Å². The Morgan fingerprint density at radius 3 is 2.66 bits per heavy atom. The zero-order valence-electron chi connectivity index (χ0n) is 16.1. The molecule has 0 saturated heterocycles. The molecule has 0 aliphatic heterocycles.